The predicted molar refractivity (Wildman–Crippen MR) is 182 cm³/mol. The molecule has 5 atom stereocenters. The van der Waals surface area contributed by atoms with Crippen molar-refractivity contribution in [2.45, 2.75) is 128 Å². The van der Waals surface area contributed by atoms with Crippen molar-refractivity contribution < 1.29 is 29.4 Å². The minimum Gasteiger partial charge on any atom is -0.465 e. The highest BCUT2D eigenvalue weighted by Crippen LogP contribution is 2.29. The average molecular weight is 667 g/mol. The van der Waals surface area contributed by atoms with Crippen molar-refractivity contribution in [2.75, 3.05) is 6.54 Å². The van der Waals surface area contributed by atoms with Gasteiger partial charge in [0, 0.05) is 31.3 Å². The molecular formula is C36H54N6O6. The van der Waals surface area contributed by atoms with Gasteiger partial charge in [-0.25, -0.2) is 9.78 Å². The molecule has 12 nitrogen and oxygen atoms in total. The van der Waals surface area contributed by atoms with E-state index in [-0.39, 0.29) is 19.4 Å². The molecule has 0 spiro atoms. The Kier molecular flexibility index (Phi) is 14.3. The van der Waals surface area contributed by atoms with E-state index in [9.17, 15) is 29.4 Å². The summed E-state index contributed by atoms with van der Waals surface area (Å²) in [5.74, 6) is -0.774. The molecule has 4 rings (SSSR count). The Morgan fingerprint density at radius 3 is 2.25 bits per heavy atom. The quantitative estimate of drug-likeness (QED) is 0.148. The monoisotopic (exact) mass is 666 g/mol. The largest absolute Gasteiger partial charge is 0.465 e. The van der Waals surface area contributed by atoms with E-state index in [0.29, 0.717) is 43.2 Å². The van der Waals surface area contributed by atoms with Gasteiger partial charge >= 0.3 is 6.09 Å². The zero-order valence-corrected chi connectivity index (χ0v) is 28.4. The highest BCUT2D eigenvalue weighted by molar-refractivity contribution is 5.94. The first kappa shape index (κ1) is 36.9. The van der Waals surface area contributed by atoms with E-state index in [1.807, 2.05) is 30.3 Å². The van der Waals surface area contributed by atoms with Crippen molar-refractivity contribution in [3.63, 3.8) is 0 Å². The van der Waals surface area contributed by atoms with Crippen LogP contribution in [0.4, 0.5) is 4.79 Å². The molecule has 2 heterocycles. The number of nitrogens with one attached hydrogen (secondary N) is 4. The third kappa shape index (κ3) is 10.8. The molecule has 1 aromatic heterocycles. The van der Waals surface area contributed by atoms with E-state index in [1.54, 1.807) is 6.20 Å². The molecule has 4 amide bonds. The summed E-state index contributed by atoms with van der Waals surface area (Å²) in [6.45, 7) is 4.48. The smallest absolute Gasteiger partial charge is 0.407 e. The SMILES string of the molecule is CCC(CC)C[C@H](O)[C@H](CC1CCCCC1)NC(=O)[C@H](Cc1cnc[nH]1)NC(=O)[C@H](Cc1ccccc1)NC(=O)[C@H]1CCCN1C(=O)O. The van der Waals surface area contributed by atoms with Gasteiger partial charge < -0.3 is 31.1 Å². The lowest BCUT2D eigenvalue weighted by atomic mass is 9.82. The molecule has 2 fully saturated rings. The molecule has 12 heteroatoms. The van der Waals surface area contributed by atoms with Crippen LogP contribution >= 0.6 is 0 Å². The molecule has 1 aliphatic carbocycles. The van der Waals surface area contributed by atoms with Gasteiger partial charge in [0.15, 0.2) is 0 Å². The molecule has 0 bridgehead atoms. The zero-order chi connectivity index (χ0) is 34.5. The summed E-state index contributed by atoms with van der Waals surface area (Å²) in [5.41, 5.74) is 1.44. The summed E-state index contributed by atoms with van der Waals surface area (Å²) in [6.07, 6.45) is 11.2. The molecule has 1 aliphatic heterocycles. The Morgan fingerprint density at radius 2 is 1.60 bits per heavy atom. The van der Waals surface area contributed by atoms with Crippen molar-refractivity contribution in [2.24, 2.45) is 11.8 Å². The Bertz CT molecular complexity index is 1300. The minimum atomic E-state index is -1.18. The van der Waals surface area contributed by atoms with Crippen LogP contribution in [-0.4, -0.2) is 85.7 Å². The second-order valence-corrected chi connectivity index (χ2v) is 13.6. The summed E-state index contributed by atoms with van der Waals surface area (Å²) >= 11 is 0. The van der Waals surface area contributed by atoms with Crippen molar-refractivity contribution >= 4 is 23.8 Å². The maximum Gasteiger partial charge on any atom is 0.407 e. The van der Waals surface area contributed by atoms with Gasteiger partial charge in [0.2, 0.25) is 17.7 Å². The fourth-order valence-corrected chi connectivity index (χ4v) is 7.20. The van der Waals surface area contributed by atoms with Gasteiger partial charge in [0.05, 0.1) is 18.5 Å². The summed E-state index contributed by atoms with van der Waals surface area (Å²) in [5, 5.41) is 29.9. The van der Waals surface area contributed by atoms with Gasteiger partial charge in [-0.3, -0.25) is 19.3 Å². The van der Waals surface area contributed by atoms with Gasteiger partial charge in [-0.2, -0.15) is 0 Å². The number of nitrogens with zero attached hydrogens (tertiary/aromatic N) is 2. The predicted octanol–water partition coefficient (Wildman–Crippen LogP) is 3.95. The van der Waals surface area contributed by atoms with Crippen molar-refractivity contribution in [1.82, 2.24) is 30.8 Å². The molecule has 6 N–H and O–H groups in total. The van der Waals surface area contributed by atoms with Crippen LogP contribution in [0.1, 0.15) is 95.7 Å². The Balaban J connectivity index is 1.55. The molecule has 264 valence electrons. The first-order valence-electron chi connectivity index (χ1n) is 17.8. The summed E-state index contributed by atoms with van der Waals surface area (Å²) < 4.78 is 0. The first-order chi connectivity index (χ1) is 23.2. The van der Waals surface area contributed by atoms with Crippen LogP contribution in [0.3, 0.4) is 0 Å². The highest BCUT2D eigenvalue weighted by atomic mass is 16.4. The molecule has 2 aromatic rings. The van der Waals surface area contributed by atoms with E-state index in [1.165, 1.54) is 12.7 Å². The third-order valence-corrected chi connectivity index (χ3v) is 10.2. The third-order valence-electron chi connectivity index (χ3n) is 10.2. The summed E-state index contributed by atoms with van der Waals surface area (Å²) in [6, 6.07) is 5.77. The van der Waals surface area contributed by atoms with E-state index in [0.717, 1.165) is 49.0 Å². The number of hydrogen-bond donors (Lipinski definition) is 6. The maximum absolute atomic E-state index is 14.1. The van der Waals surface area contributed by atoms with E-state index < -0.39 is 54.1 Å². The number of rotatable bonds is 17. The average Bonchev–Trinajstić information content (AvgIpc) is 3.80. The van der Waals surface area contributed by atoms with Crippen LogP contribution in [0, 0.1) is 11.8 Å². The van der Waals surface area contributed by atoms with Crippen molar-refractivity contribution in [3.8, 4) is 0 Å². The summed E-state index contributed by atoms with van der Waals surface area (Å²) in [4.78, 5) is 61.4. The van der Waals surface area contributed by atoms with Crippen molar-refractivity contribution in [3.05, 3.63) is 54.1 Å². The number of carboxylic acid groups (broad SMARTS) is 1. The number of amides is 4. The molecule has 2 aliphatic rings. The van der Waals surface area contributed by atoms with E-state index in [2.05, 4.69) is 39.8 Å². The van der Waals surface area contributed by atoms with Crippen LogP contribution in [0.15, 0.2) is 42.9 Å². The van der Waals surface area contributed by atoms with E-state index >= 15 is 0 Å². The lowest BCUT2D eigenvalue weighted by molar-refractivity contribution is -0.133. The second kappa shape index (κ2) is 18.6. The molecule has 1 aromatic carbocycles. The normalized spacial score (nSPS) is 19.3. The molecular weight excluding hydrogens is 612 g/mol. The maximum atomic E-state index is 14.1. The van der Waals surface area contributed by atoms with Gasteiger partial charge in [-0.05, 0) is 43.1 Å². The lowest BCUT2D eigenvalue weighted by Gasteiger charge is -2.33. The number of aliphatic hydroxyl groups excluding tert-OH is 1. The highest BCUT2D eigenvalue weighted by Gasteiger charge is 2.37. The van der Waals surface area contributed by atoms with Crippen LogP contribution in [0.25, 0.3) is 0 Å². The first-order valence-corrected chi connectivity index (χ1v) is 17.8. The van der Waals surface area contributed by atoms with Gasteiger partial charge in [0.1, 0.15) is 18.1 Å². The van der Waals surface area contributed by atoms with E-state index in [4.69, 9.17) is 0 Å². The van der Waals surface area contributed by atoms with Crippen LogP contribution in [0.5, 0.6) is 0 Å². The van der Waals surface area contributed by atoms with Crippen molar-refractivity contribution in [1.29, 1.82) is 0 Å². The number of aromatic amines is 1. The number of aromatic nitrogens is 2. The molecule has 1 saturated heterocycles. The van der Waals surface area contributed by atoms with Gasteiger partial charge in [-0.1, -0.05) is 89.1 Å². The number of carbonyl (C=O) groups is 4. The standard InChI is InChI=1S/C36H54N6O6/c1-3-24(4-2)20-32(43)28(18-25-12-7-5-8-13-25)39-34(45)30(21-27-22-37-23-38-27)40-33(44)29(19-26-14-9-6-10-15-26)41-35(46)31-16-11-17-42(31)36(47)48/h6,9-10,14-15,22-25,28-32,43H,3-5,7-8,11-13,16-21H2,1-2H3,(H,37,38)(H,39,45)(H,40,44)(H,41,46)(H,47,48)/t28-,29-,30-,31+,32-/m0/s1. The van der Waals surface area contributed by atoms with Gasteiger partial charge in [-0.15, -0.1) is 0 Å². The summed E-state index contributed by atoms with van der Waals surface area (Å²) in [7, 11) is 0. The Hall–Kier alpha value is -3.93. The second-order valence-electron chi connectivity index (χ2n) is 13.6. The number of H-pyrrole nitrogens is 1. The number of carbonyl (C=O) groups excluding carboxylic acids is 3. The van der Waals surface area contributed by atoms with Gasteiger partial charge in [0.25, 0.3) is 0 Å². The van der Waals surface area contributed by atoms with Crippen LogP contribution in [-0.2, 0) is 27.2 Å². The number of aliphatic hydroxyl groups is 1. The lowest BCUT2D eigenvalue weighted by Crippen LogP contribution is -2.59. The Labute approximate surface area is 283 Å². The topological polar surface area (TPSA) is 177 Å². The molecule has 0 unspecified atom stereocenters. The number of hydrogen-bond acceptors (Lipinski definition) is 6. The molecule has 48 heavy (non-hydrogen) atoms. The fourth-order valence-electron chi connectivity index (χ4n) is 7.20. The molecule has 0 radical (unpaired) electrons. The number of imidazole rings is 1. The van der Waals surface area contributed by atoms with Crippen LogP contribution in [0.2, 0.25) is 0 Å². The Morgan fingerprint density at radius 1 is 0.917 bits per heavy atom. The number of benzene rings is 1. The minimum absolute atomic E-state index is 0.123. The van der Waals surface area contributed by atoms with Crippen LogP contribution < -0.4 is 16.0 Å². The fraction of sp³-hybridized carbons (Fsp3) is 0.639. The molecule has 1 saturated carbocycles. The number of likely N-dealkylation sites (tertiary alicyclic amines) is 1. The zero-order valence-electron chi connectivity index (χ0n) is 28.4.